The number of phenols is 1. The van der Waals surface area contributed by atoms with Crippen LogP contribution in [0.25, 0.3) is 0 Å². The summed E-state index contributed by atoms with van der Waals surface area (Å²) in [6.07, 6.45) is 6.50. The lowest BCUT2D eigenvalue weighted by atomic mass is 9.94. The molecule has 4 rings (SSSR count). The third-order valence-corrected chi connectivity index (χ3v) is 7.99. The number of rotatable bonds is 13. The number of ether oxygens (including phenoxy) is 3. The first-order valence-corrected chi connectivity index (χ1v) is 14.3. The Morgan fingerprint density at radius 2 is 1.78 bits per heavy atom. The maximum atomic E-state index is 13.7. The summed E-state index contributed by atoms with van der Waals surface area (Å²) in [4.78, 5) is 52.9. The van der Waals surface area contributed by atoms with Gasteiger partial charge in [0.25, 0.3) is 0 Å². The normalized spacial score (nSPS) is 22.6. The van der Waals surface area contributed by atoms with Gasteiger partial charge in [-0.1, -0.05) is 17.7 Å². The fourth-order valence-corrected chi connectivity index (χ4v) is 5.25. The van der Waals surface area contributed by atoms with Crippen molar-refractivity contribution in [2.75, 3.05) is 26.9 Å². The predicted octanol–water partition coefficient (Wildman–Crippen LogP) is 1.70. The number of carbonyl (C=O) groups excluding carboxylic acids is 4. The third kappa shape index (κ3) is 8.07. The smallest absolute Gasteiger partial charge is 0.243 e. The van der Waals surface area contributed by atoms with Crippen LogP contribution < -0.4 is 20.7 Å². The molecule has 11 nitrogen and oxygen atoms in total. The maximum absolute atomic E-state index is 13.7. The van der Waals surface area contributed by atoms with Crippen LogP contribution in [0.2, 0.25) is 0 Å². The van der Waals surface area contributed by atoms with Gasteiger partial charge in [-0.2, -0.15) is 0 Å². The quantitative estimate of drug-likeness (QED) is 0.206. The zero-order chi connectivity index (χ0) is 29.6. The van der Waals surface area contributed by atoms with E-state index in [0.717, 1.165) is 24.8 Å². The molecule has 4 N–H and O–H groups in total. The van der Waals surface area contributed by atoms with Crippen molar-refractivity contribution in [3.63, 3.8) is 0 Å². The molecule has 2 fully saturated rings. The highest BCUT2D eigenvalue weighted by Crippen LogP contribution is 2.31. The van der Waals surface area contributed by atoms with Crippen molar-refractivity contribution in [1.82, 2.24) is 16.0 Å². The van der Waals surface area contributed by atoms with Gasteiger partial charge in [0.1, 0.15) is 17.7 Å². The summed E-state index contributed by atoms with van der Waals surface area (Å²) in [5.41, 5.74) is 0.750. The lowest BCUT2D eigenvalue weighted by Gasteiger charge is -2.26. The Hall–Kier alpha value is -3.44. The van der Waals surface area contributed by atoms with Crippen molar-refractivity contribution in [3.8, 4) is 11.5 Å². The van der Waals surface area contributed by atoms with Crippen molar-refractivity contribution >= 4 is 23.5 Å². The Morgan fingerprint density at radius 1 is 1.07 bits per heavy atom. The van der Waals surface area contributed by atoms with Crippen LogP contribution >= 0.6 is 0 Å². The van der Waals surface area contributed by atoms with Crippen molar-refractivity contribution < 1.29 is 38.5 Å². The molecule has 2 heterocycles. The Balaban J connectivity index is 1.49. The van der Waals surface area contributed by atoms with E-state index in [9.17, 15) is 24.3 Å². The minimum absolute atomic E-state index is 0.0349. The molecule has 2 aliphatic heterocycles. The molecule has 3 amide bonds. The average Bonchev–Trinajstić information content (AvgIpc) is 3.50. The van der Waals surface area contributed by atoms with Crippen LogP contribution in [-0.4, -0.2) is 79.3 Å². The molecule has 0 saturated carbocycles. The van der Waals surface area contributed by atoms with Crippen LogP contribution in [0.4, 0.5) is 0 Å². The topological polar surface area (TPSA) is 156 Å². The molecule has 0 spiro atoms. The summed E-state index contributed by atoms with van der Waals surface area (Å²) >= 11 is 0. The van der Waals surface area contributed by atoms with Gasteiger partial charge in [-0.05, 0) is 70.1 Å². The predicted molar refractivity (Wildman–Crippen MR) is 149 cm³/mol. The summed E-state index contributed by atoms with van der Waals surface area (Å²) in [6, 6.07) is 1.93. The first-order chi connectivity index (χ1) is 19.6. The van der Waals surface area contributed by atoms with Crippen LogP contribution in [0.15, 0.2) is 29.8 Å². The zero-order valence-electron chi connectivity index (χ0n) is 24.0. The minimum atomic E-state index is -1.08. The van der Waals surface area contributed by atoms with Gasteiger partial charge in [-0.25, -0.2) is 0 Å². The fraction of sp³-hybridized carbons (Fsp3) is 0.600. The molecule has 11 heteroatoms. The molecule has 4 atom stereocenters. The average molecular weight is 572 g/mol. The zero-order valence-corrected chi connectivity index (χ0v) is 24.0. The van der Waals surface area contributed by atoms with Crippen LogP contribution in [0.3, 0.4) is 0 Å². The van der Waals surface area contributed by atoms with E-state index in [1.807, 2.05) is 0 Å². The Kier molecular flexibility index (Phi) is 10.0. The van der Waals surface area contributed by atoms with Gasteiger partial charge < -0.3 is 35.3 Å². The summed E-state index contributed by atoms with van der Waals surface area (Å²) < 4.78 is 15.8. The third-order valence-electron chi connectivity index (χ3n) is 7.99. The molecule has 2 saturated heterocycles. The van der Waals surface area contributed by atoms with Crippen LogP contribution in [0, 0.1) is 5.92 Å². The van der Waals surface area contributed by atoms with E-state index in [1.54, 1.807) is 26.0 Å². The van der Waals surface area contributed by atoms with Gasteiger partial charge in [-0.15, -0.1) is 0 Å². The highest BCUT2D eigenvalue weighted by atomic mass is 16.6. The second kappa shape index (κ2) is 13.5. The van der Waals surface area contributed by atoms with Gasteiger partial charge >= 0.3 is 0 Å². The lowest BCUT2D eigenvalue weighted by molar-refractivity contribution is -0.135. The Labute approximate surface area is 240 Å². The van der Waals surface area contributed by atoms with E-state index in [0.29, 0.717) is 44.6 Å². The van der Waals surface area contributed by atoms with Gasteiger partial charge in [0.05, 0.1) is 19.8 Å². The molecular formula is C30H41N3O8. The number of Topliss-reactive ketones (excluding diaryl/α,β-unsaturated/α-hetero) is 1. The van der Waals surface area contributed by atoms with E-state index in [2.05, 4.69) is 22.0 Å². The summed E-state index contributed by atoms with van der Waals surface area (Å²) in [5.74, 6) is -1.58. The van der Waals surface area contributed by atoms with Crippen molar-refractivity contribution in [2.24, 2.45) is 5.92 Å². The number of benzene rings is 1. The number of methoxy groups -OCH3 is 1. The van der Waals surface area contributed by atoms with Gasteiger partial charge in [-0.3, -0.25) is 19.2 Å². The van der Waals surface area contributed by atoms with E-state index < -0.39 is 35.5 Å². The molecular weight excluding hydrogens is 530 g/mol. The Bertz CT molecular complexity index is 1170. The number of aromatic hydroxyl groups is 1. The molecule has 3 aliphatic rings. The summed E-state index contributed by atoms with van der Waals surface area (Å²) in [5, 5.41) is 18.6. The van der Waals surface area contributed by atoms with E-state index >= 15 is 0 Å². The summed E-state index contributed by atoms with van der Waals surface area (Å²) in [6.45, 7) is 4.56. The molecule has 0 unspecified atom stereocenters. The second-order valence-electron chi connectivity index (χ2n) is 11.3. The highest BCUT2D eigenvalue weighted by Gasteiger charge is 2.50. The number of epoxide rings is 1. The first kappa shape index (κ1) is 30.5. The molecule has 1 aromatic rings. The SMILES string of the molecule is COc1ccc(C[C@H](NC(=O)[C@@H](C)NC(=O)C2CCOCC2)C(=O)N[C@@H](CC2=CCCC2)C(=O)[C@@]2(C)CO2)cc1O. The largest absolute Gasteiger partial charge is 0.504 e. The standard InChI is InChI=1S/C30H41N3O8/c1-18(31-28(37)21-10-12-40-13-11-21)27(36)33-23(15-20-8-9-25(39-3)24(34)16-20)29(38)32-22(14-19-6-4-5-7-19)26(35)30(2)17-41-30/h6,8-9,16,18,21-23,34H,4-5,7,10-15,17H2,1-3H3,(H,31,37)(H,32,38)(H,33,36)/t18-,22+,23+,30-/m1/s1. The number of hydrogen-bond donors (Lipinski definition) is 4. The highest BCUT2D eigenvalue weighted by molar-refractivity contribution is 5.98. The molecule has 41 heavy (non-hydrogen) atoms. The first-order valence-electron chi connectivity index (χ1n) is 14.3. The summed E-state index contributed by atoms with van der Waals surface area (Å²) in [7, 11) is 1.43. The Morgan fingerprint density at radius 3 is 2.39 bits per heavy atom. The van der Waals surface area contributed by atoms with Crippen LogP contribution in [0.1, 0.15) is 57.9 Å². The number of ketones is 1. The minimum Gasteiger partial charge on any atom is -0.504 e. The number of allylic oxidation sites excluding steroid dienone is 1. The van der Waals surface area contributed by atoms with E-state index in [1.165, 1.54) is 13.2 Å². The van der Waals surface area contributed by atoms with Crippen molar-refractivity contribution in [1.29, 1.82) is 0 Å². The van der Waals surface area contributed by atoms with Crippen molar-refractivity contribution in [3.05, 3.63) is 35.4 Å². The molecule has 0 radical (unpaired) electrons. The fourth-order valence-electron chi connectivity index (χ4n) is 5.25. The number of hydrogen-bond acceptors (Lipinski definition) is 8. The van der Waals surface area contributed by atoms with Gasteiger partial charge in [0.2, 0.25) is 17.7 Å². The van der Waals surface area contributed by atoms with Gasteiger partial charge in [0.15, 0.2) is 17.3 Å². The molecule has 1 aliphatic carbocycles. The molecule has 1 aromatic carbocycles. The van der Waals surface area contributed by atoms with Crippen LogP contribution in [0.5, 0.6) is 11.5 Å². The molecule has 224 valence electrons. The van der Waals surface area contributed by atoms with Crippen molar-refractivity contribution in [2.45, 2.75) is 82.5 Å². The number of carbonyl (C=O) groups is 4. The molecule has 0 bridgehead atoms. The van der Waals surface area contributed by atoms with E-state index in [-0.39, 0.29) is 35.5 Å². The monoisotopic (exact) mass is 571 g/mol. The van der Waals surface area contributed by atoms with E-state index in [4.69, 9.17) is 14.2 Å². The second-order valence-corrected chi connectivity index (χ2v) is 11.3. The number of amides is 3. The number of phenolic OH excluding ortho intramolecular Hbond substituents is 1. The maximum Gasteiger partial charge on any atom is 0.243 e. The molecule has 0 aromatic heterocycles. The lowest BCUT2D eigenvalue weighted by Crippen LogP contribution is -2.57. The number of nitrogens with one attached hydrogen (secondary N) is 3. The van der Waals surface area contributed by atoms with Gasteiger partial charge in [0, 0.05) is 25.6 Å². The van der Waals surface area contributed by atoms with Crippen LogP contribution in [-0.2, 0) is 35.1 Å².